The summed E-state index contributed by atoms with van der Waals surface area (Å²) in [7, 11) is 0. The molecule has 0 amide bonds. The molecule has 2 rings (SSSR count). The number of hydrogen-bond donors (Lipinski definition) is 0. The molecule has 2 nitrogen and oxygen atoms in total. The molecule has 2 heteroatoms. The highest BCUT2D eigenvalue weighted by Gasteiger charge is 2.08. The Morgan fingerprint density at radius 3 is 1.51 bits per heavy atom. The summed E-state index contributed by atoms with van der Waals surface area (Å²) < 4.78 is 2.53. The smallest absolute Gasteiger partial charge is 0.108 e. The standard InChI is InChI=1S/C37H64N2/c1-3-5-7-9-11-13-14-15-16-18-20-25-32-37-38-36(31-27-30-35-28-23-22-24-29-35)34-39(37)33-26-21-19-17-12-10-8-6-4-2/h22-24,28-29,34H,3-21,25-27,30-33H2,1-2H3. The summed E-state index contributed by atoms with van der Waals surface area (Å²) in [6, 6.07) is 10.9. The van der Waals surface area contributed by atoms with Gasteiger partial charge < -0.3 is 4.57 Å². The molecule has 2 aromatic rings. The van der Waals surface area contributed by atoms with Crippen molar-refractivity contribution in [3.63, 3.8) is 0 Å². The first-order valence-electron chi connectivity index (χ1n) is 17.4. The lowest BCUT2D eigenvalue weighted by molar-refractivity contribution is 0.522. The van der Waals surface area contributed by atoms with Crippen molar-refractivity contribution in [1.82, 2.24) is 9.55 Å². The second-order valence-electron chi connectivity index (χ2n) is 12.1. The van der Waals surface area contributed by atoms with E-state index >= 15 is 0 Å². The van der Waals surface area contributed by atoms with Gasteiger partial charge in [0.25, 0.3) is 0 Å². The Morgan fingerprint density at radius 2 is 0.974 bits per heavy atom. The number of imidazole rings is 1. The summed E-state index contributed by atoms with van der Waals surface area (Å²) >= 11 is 0. The van der Waals surface area contributed by atoms with Crippen LogP contribution in [0.4, 0.5) is 0 Å². The third-order valence-electron chi connectivity index (χ3n) is 8.41. The molecule has 0 aliphatic rings. The van der Waals surface area contributed by atoms with Gasteiger partial charge in [0.1, 0.15) is 5.82 Å². The predicted octanol–water partition coefficient (Wildman–Crippen LogP) is 11.8. The number of hydrogen-bond acceptors (Lipinski definition) is 1. The molecule has 0 aliphatic carbocycles. The normalized spacial score (nSPS) is 11.4. The minimum absolute atomic E-state index is 1.10. The lowest BCUT2D eigenvalue weighted by Gasteiger charge is -2.08. The van der Waals surface area contributed by atoms with Crippen molar-refractivity contribution >= 4 is 0 Å². The van der Waals surface area contributed by atoms with Crippen molar-refractivity contribution in [3.8, 4) is 0 Å². The number of unbranched alkanes of at least 4 members (excludes halogenated alkanes) is 19. The van der Waals surface area contributed by atoms with E-state index in [9.17, 15) is 0 Å². The lowest BCUT2D eigenvalue weighted by Crippen LogP contribution is -2.03. The maximum atomic E-state index is 5.15. The number of aromatic nitrogens is 2. The third kappa shape index (κ3) is 17.7. The zero-order valence-electron chi connectivity index (χ0n) is 26.2. The molecule has 0 aliphatic heterocycles. The minimum atomic E-state index is 1.10. The topological polar surface area (TPSA) is 17.8 Å². The summed E-state index contributed by atoms with van der Waals surface area (Å²) in [5.41, 5.74) is 2.76. The van der Waals surface area contributed by atoms with Crippen molar-refractivity contribution in [1.29, 1.82) is 0 Å². The van der Waals surface area contributed by atoms with Gasteiger partial charge in [0.2, 0.25) is 0 Å². The summed E-state index contributed by atoms with van der Waals surface area (Å²) in [5, 5.41) is 0. The van der Waals surface area contributed by atoms with E-state index in [-0.39, 0.29) is 0 Å². The van der Waals surface area contributed by atoms with Crippen LogP contribution in [0.1, 0.15) is 172 Å². The van der Waals surface area contributed by atoms with Crippen LogP contribution in [-0.2, 0) is 25.8 Å². The maximum Gasteiger partial charge on any atom is 0.108 e. The molecule has 1 aromatic carbocycles. The van der Waals surface area contributed by atoms with Crippen LogP contribution >= 0.6 is 0 Å². The molecule has 0 bridgehead atoms. The van der Waals surface area contributed by atoms with Crippen LogP contribution in [-0.4, -0.2) is 9.55 Å². The van der Waals surface area contributed by atoms with Crippen LogP contribution in [0, 0.1) is 0 Å². The second kappa shape index (κ2) is 24.2. The van der Waals surface area contributed by atoms with E-state index in [0.717, 1.165) is 25.8 Å². The Bertz CT molecular complexity index is 778. The van der Waals surface area contributed by atoms with E-state index in [0.29, 0.717) is 0 Å². The van der Waals surface area contributed by atoms with Crippen molar-refractivity contribution in [2.45, 2.75) is 181 Å². The van der Waals surface area contributed by atoms with E-state index in [1.807, 2.05) is 0 Å². The monoisotopic (exact) mass is 537 g/mol. The highest BCUT2D eigenvalue weighted by Crippen LogP contribution is 2.16. The lowest BCUT2D eigenvalue weighted by atomic mass is 10.0. The number of benzene rings is 1. The molecule has 0 spiro atoms. The third-order valence-corrected chi connectivity index (χ3v) is 8.41. The van der Waals surface area contributed by atoms with Crippen LogP contribution in [0.15, 0.2) is 36.5 Å². The molecule has 0 fully saturated rings. The highest BCUT2D eigenvalue weighted by molar-refractivity contribution is 5.15. The molecular weight excluding hydrogens is 472 g/mol. The first kappa shape index (κ1) is 33.6. The zero-order valence-corrected chi connectivity index (χ0v) is 26.2. The summed E-state index contributed by atoms with van der Waals surface area (Å²) in [4.78, 5) is 5.15. The van der Waals surface area contributed by atoms with Gasteiger partial charge >= 0.3 is 0 Å². The Hall–Kier alpha value is -1.57. The van der Waals surface area contributed by atoms with Crippen molar-refractivity contribution in [2.24, 2.45) is 0 Å². The van der Waals surface area contributed by atoms with Gasteiger partial charge in [-0.15, -0.1) is 0 Å². The molecule has 39 heavy (non-hydrogen) atoms. The predicted molar refractivity (Wildman–Crippen MR) is 173 cm³/mol. The van der Waals surface area contributed by atoms with E-state index < -0.39 is 0 Å². The number of rotatable bonds is 27. The van der Waals surface area contributed by atoms with Crippen LogP contribution < -0.4 is 0 Å². The Kier molecular flexibility index (Phi) is 20.9. The molecule has 0 saturated carbocycles. The Morgan fingerprint density at radius 1 is 0.487 bits per heavy atom. The Balaban J connectivity index is 1.66. The first-order chi connectivity index (χ1) is 19.3. The summed E-state index contributed by atoms with van der Waals surface area (Å²) in [6.07, 6.45) is 36.5. The van der Waals surface area contributed by atoms with Gasteiger partial charge in [0.05, 0.1) is 5.69 Å². The van der Waals surface area contributed by atoms with E-state index in [1.165, 1.54) is 158 Å². The van der Waals surface area contributed by atoms with Gasteiger partial charge in [-0.2, -0.15) is 0 Å². The minimum Gasteiger partial charge on any atom is -0.335 e. The second-order valence-corrected chi connectivity index (χ2v) is 12.1. The quantitative estimate of drug-likeness (QED) is 0.104. The summed E-state index contributed by atoms with van der Waals surface area (Å²) in [5.74, 6) is 1.36. The molecule has 1 aromatic heterocycles. The molecule has 0 N–H and O–H groups in total. The van der Waals surface area contributed by atoms with Gasteiger partial charge in [-0.3, -0.25) is 0 Å². The number of nitrogens with zero attached hydrogens (tertiary/aromatic N) is 2. The fourth-order valence-corrected chi connectivity index (χ4v) is 5.86. The fraction of sp³-hybridized carbons (Fsp3) is 0.757. The van der Waals surface area contributed by atoms with Gasteiger partial charge in [-0.05, 0) is 37.7 Å². The maximum absolute atomic E-state index is 5.15. The van der Waals surface area contributed by atoms with E-state index in [4.69, 9.17) is 4.98 Å². The SMILES string of the molecule is CCCCCCCCCCCCCCc1nc(CCCc2ccccc2)cn1CCCCCCCCCCC. The Labute approximate surface area is 243 Å². The van der Waals surface area contributed by atoms with Crippen molar-refractivity contribution < 1.29 is 0 Å². The van der Waals surface area contributed by atoms with Gasteiger partial charge in [-0.25, -0.2) is 4.98 Å². The van der Waals surface area contributed by atoms with Gasteiger partial charge in [0, 0.05) is 19.2 Å². The zero-order chi connectivity index (χ0) is 27.6. The van der Waals surface area contributed by atoms with Crippen LogP contribution in [0.2, 0.25) is 0 Å². The first-order valence-corrected chi connectivity index (χ1v) is 17.4. The van der Waals surface area contributed by atoms with Crippen LogP contribution in [0.25, 0.3) is 0 Å². The van der Waals surface area contributed by atoms with E-state index in [2.05, 4.69) is 54.9 Å². The van der Waals surface area contributed by atoms with E-state index in [1.54, 1.807) is 0 Å². The van der Waals surface area contributed by atoms with Crippen molar-refractivity contribution in [2.75, 3.05) is 0 Å². The molecule has 0 atom stereocenters. The molecule has 0 saturated heterocycles. The summed E-state index contributed by atoms with van der Waals surface area (Å²) in [6.45, 7) is 5.77. The molecule has 0 unspecified atom stereocenters. The molecule has 1 heterocycles. The molecule has 0 radical (unpaired) electrons. The highest BCUT2D eigenvalue weighted by atomic mass is 15.1. The average molecular weight is 537 g/mol. The van der Waals surface area contributed by atoms with Gasteiger partial charge in [-0.1, -0.05) is 166 Å². The van der Waals surface area contributed by atoms with Gasteiger partial charge in [0.15, 0.2) is 0 Å². The van der Waals surface area contributed by atoms with Crippen molar-refractivity contribution in [3.05, 3.63) is 53.6 Å². The molecular formula is C37H64N2. The number of aryl methyl sites for hydroxylation is 4. The van der Waals surface area contributed by atoms with Crippen LogP contribution in [0.5, 0.6) is 0 Å². The largest absolute Gasteiger partial charge is 0.335 e. The molecule has 222 valence electrons. The van der Waals surface area contributed by atoms with Crippen LogP contribution in [0.3, 0.4) is 0 Å². The average Bonchev–Trinajstić information content (AvgIpc) is 3.34. The fourth-order valence-electron chi connectivity index (χ4n) is 5.86.